The van der Waals surface area contributed by atoms with E-state index in [1.807, 2.05) is 24.3 Å². The second kappa shape index (κ2) is 12.6. The number of anilines is 1. The molecule has 34 heavy (non-hydrogen) atoms. The molecule has 1 saturated heterocycles. The molecule has 0 unspecified atom stereocenters. The van der Waals surface area contributed by atoms with Gasteiger partial charge in [0.15, 0.2) is 16.6 Å². The van der Waals surface area contributed by atoms with E-state index in [1.165, 1.54) is 0 Å². The average Bonchev–Trinajstić information content (AvgIpc) is 2.85. The molecule has 0 bridgehead atoms. The van der Waals surface area contributed by atoms with Gasteiger partial charge in [0, 0.05) is 18.3 Å². The molecule has 3 rings (SSSR count). The molecule has 0 radical (unpaired) electrons. The number of rotatable bonds is 9. The predicted molar refractivity (Wildman–Crippen MR) is 139 cm³/mol. The lowest BCUT2D eigenvalue weighted by Gasteiger charge is -2.39. The largest absolute Gasteiger partial charge is 0.493 e. The average molecular weight is 486 g/mol. The SMILES string of the molecule is CCOC(=O)c1ccc(NC(=S)N(CCc2ccc(OC)c(OC)c2)C2CCN(C)CC2)cc1. The Morgan fingerprint density at radius 1 is 1.09 bits per heavy atom. The number of thiocarbonyl (C=S) groups is 1. The van der Waals surface area contributed by atoms with Crippen molar-refractivity contribution in [1.82, 2.24) is 9.80 Å². The van der Waals surface area contributed by atoms with Crippen LogP contribution < -0.4 is 14.8 Å². The fourth-order valence-electron chi connectivity index (χ4n) is 4.14. The molecule has 1 fully saturated rings. The highest BCUT2D eigenvalue weighted by molar-refractivity contribution is 7.80. The van der Waals surface area contributed by atoms with Crippen LogP contribution in [0.15, 0.2) is 42.5 Å². The summed E-state index contributed by atoms with van der Waals surface area (Å²) in [4.78, 5) is 16.6. The monoisotopic (exact) mass is 485 g/mol. The third-order valence-electron chi connectivity index (χ3n) is 6.13. The Kier molecular flexibility index (Phi) is 9.53. The minimum absolute atomic E-state index is 0.320. The Balaban J connectivity index is 1.71. The van der Waals surface area contributed by atoms with Crippen molar-refractivity contribution in [2.45, 2.75) is 32.2 Å². The van der Waals surface area contributed by atoms with Gasteiger partial charge in [0.1, 0.15) is 0 Å². The minimum atomic E-state index is -0.320. The summed E-state index contributed by atoms with van der Waals surface area (Å²) in [6, 6.07) is 13.6. The van der Waals surface area contributed by atoms with Crippen LogP contribution in [-0.4, -0.2) is 74.4 Å². The fraction of sp³-hybridized carbons (Fsp3) is 0.462. The maximum atomic E-state index is 11.9. The maximum absolute atomic E-state index is 11.9. The highest BCUT2D eigenvalue weighted by Gasteiger charge is 2.25. The number of methoxy groups -OCH3 is 2. The first-order chi connectivity index (χ1) is 16.4. The lowest BCUT2D eigenvalue weighted by molar-refractivity contribution is 0.0526. The zero-order chi connectivity index (χ0) is 24.5. The van der Waals surface area contributed by atoms with Gasteiger partial charge in [-0.15, -0.1) is 0 Å². The molecular formula is C26H35N3O4S. The molecule has 7 nitrogen and oxygen atoms in total. The smallest absolute Gasteiger partial charge is 0.338 e. The summed E-state index contributed by atoms with van der Waals surface area (Å²) in [7, 11) is 5.45. The van der Waals surface area contributed by atoms with Crippen LogP contribution in [0.5, 0.6) is 11.5 Å². The molecule has 0 atom stereocenters. The zero-order valence-corrected chi connectivity index (χ0v) is 21.3. The summed E-state index contributed by atoms with van der Waals surface area (Å²) in [6.07, 6.45) is 2.95. The number of hydrogen-bond donors (Lipinski definition) is 1. The van der Waals surface area contributed by atoms with Gasteiger partial charge >= 0.3 is 5.97 Å². The molecule has 1 heterocycles. The summed E-state index contributed by atoms with van der Waals surface area (Å²) in [5.41, 5.74) is 2.54. The Hall–Kier alpha value is -2.84. The second-order valence-electron chi connectivity index (χ2n) is 8.40. The molecule has 1 aliphatic rings. The lowest BCUT2D eigenvalue weighted by atomic mass is 10.0. The van der Waals surface area contributed by atoms with E-state index >= 15 is 0 Å². The number of hydrogen-bond acceptors (Lipinski definition) is 6. The van der Waals surface area contributed by atoms with Crippen LogP contribution >= 0.6 is 12.2 Å². The van der Waals surface area contributed by atoms with Crippen LogP contribution in [0.3, 0.4) is 0 Å². The number of carbonyl (C=O) groups excluding carboxylic acids is 1. The number of carbonyl (C=O) groups is 1. The van der Waals surface area contributed by atoms with Crippen molar-refractivity contribution in [3.05, 3.63) is 53.6 Å². The van der Waals surface area contributed by atoms with E-state index in [9.17, 15) is 4.79 Å². The number of benzene rings is 2. The molecular weight excluding hydrogens is 450 g/mol. The highest BCUT2D eigenvalue weighted by Crippen LogP contribution is 2.28. The van der Waals surface area contributed by atoms with Crippen LogP contribution in [0, 0.1) is 0 Å². The van der Waals surface area contributed by atoms with E-state index in [4.69, 9.17) is 26.4 Å². The molecule has 1 N–H and O–H groups in total. The van der Waals surface area contributed by atoms with E-state index in [2.05, 4.69) is 28.2 Å². The van der Waals surface area contributed by atoms with Crippen molar-refractivity contribution >= 4 is 29.0 Å². The van der Waals surface area contributed by atoms with E-state index in [1.54, 1.807) is 33.3 Å². The summed E-state index contributed by atoms with van der Waals surface area (Å²) in [5, 5.41) is 4.07. The quantitative estimate of drug-likeness (QED) is 0.419. The molecule has 0 saturated carbocycles. The first-order valence-corrected chi connectivity index (χ1v) is 12.1. The van der Waals surface area contributed by atoms with Gasteiger partial charge in [0.05, 0.1) is 26.4 Å². The van der Waals surface area contributed by atoms with E-state index < -0.39 is 0 Å². The molecule has 0 aliphatic carbocycles. The number of ether oxygens (including phenoxy) is 3. The highest BCUT2D eigenvalue weighted by atomic mass is 32.1. The Labute approximate surface area is 208 Å². The molecule has 184 valence electrons. The Morgan fingerprint density at radius 2 is 1.76 bits per heavy atom. The van der Waals surface area contributed by atoms with Gasteiger partial charge in [-0.3, -0.25) is 0 Å². The molecule has 0 spiro atoms. The molecule has 1 aliphatic heterocycles. The summed E-state index contributed by atoms with van der Waals surface area (Å²) < 4.78 is 15.9. The van der Waals surface area contributed by atoms with Gasteiger partial charge in [-0.05, 0) is 101 Å². The molecule has 0 aromatic heterocycles. The van der Waals surface area contributed by atoms with Crippen LogP contribution in [0.2, 0.25) is 0 Å². The van der Waals surface area contributed by atoms with Crippen molar-refractivity contribution in [2.75, 3.05) is 52.8 Å². The fourth-order valence-corrected chi connectivity index (χ4v) is 4.50. The van der Waals surface area contributed by atoms with Gasteiger partial charge in [0.25, 0.3) is 0 Å². The topological polar surface area (TPSA) is 63.3 Å². The van der Waals surface area contributed by atoms with Gasteiger partial charge < -0.3 is 29.3 Å². The van der Waals surface area contributed by atoms with Gasteiger partial charge in [-0.2, -0.15) is 0 Å². The number of piperidine rings is 1. The molecule has 2 aromatic rings. The van der Waals surface area contributed by atoms with Gasteiger partial charge in [-0.1, -0.05) is 6.07 Å². The summed E-state index contributed by atoms with van der Waals surface area (Å²) in [5.74, 6) is 1.13. The lowest BCUT2D eigenvalue weighted by Crippen LogP contribution is -2.48. The zero-order valence-electron chi connectivity index (χ0n) is 20.5. The summed E-state index contributed by atoms with van der Waals surface area (Å²) >= 11 is 5.86. The molecule has 2 aromatic carbocycles. The standard InChI is InChI=1S/C26H35N3O4S/c1-5-33-25(30)20-7-9-21(10-8-20)27-26(34)29(22-13-15-28(2)16-14-22)17-12-19-6-11-23(31-3)24(18-19)32-4/h6-11,18,22H,5,12-17H2,1-4H3,(H,27,34). The van der Waals surface area contributed by atoms with E-state index in [-0.39, 0.29) is 5.97 Å². The van der Waals surface area contributed by atoms with Crippen LogP contribution in [-0.2, 0) is 11.2 Å². The van der Waals surface area contributed by atoms with Crippen molar-refractivity contribution in [1.29, 1.82) is 0 Å². The van der Waals surface area contributed by atoms with Crippen molar-refractivity contribution in [3.63, 3.8) is 0 Å². The predicted octanol–water partition coefficient (Wildman–Crippen LogP) is 4.22. The number of esters is 1. The van der Waals surface area contributed by atoms with E-state index in [0.717, 1.165) is 61.6 Å². The third-order valence-corrected chi connectivity index (χ3v) is 6.46. The minimum Gasteiger partial charge on any atom is -0.493 e. The van der Waals surface area contributed by atoms with Crippen LogP contribution in [0.25, 0.3) is 0 Å². The second-order valence-corrected chi connectivity index (χ2v) is 8.78. The van der Waals surface area contributed by atoms with Gasteiger partial charge in [0.2, 0.25) is 0 Å². The number of likely N-dealkylation sites (tertiary alicyclic amines) is 1. The Morgan fingerprint density at radius 3 is 2.38 bits per heavy atom. The maximum Gasteiger partial charge on any atom is 0.338 e. The number of nitrogens with one attached hydrogen (secondary N) is 1. The first kappa shape index (κ1) is 25.8. The number of nitrogens with zero attached hydrogens (tertiary/aromatic N) is 2. The summed E-state index contributed by atoms with van der Waals surface area (Å²) in [6.45, 7) is 5.04. The van der Waals surface area contributed by atoms with E-state index in [0.29, 0.717) is 23.3 Å². The first-order valence-electron chi connectivity index (χ1n) is 11.7. The van der Waals surface area contributed by atoms with Crippen LogP contribution in [0.4, 0.5) is 5.69 Å². The van der Waals surface area contributed by atoms with Crippen molar-refractivity contribution < 1.29 is 19.0 Å². The van der Waals surface area contributed by atoms with Crippen molar-refractivity contribution in [3.8, 4) is 11.5 Å². The van der Waals surface area contributed by atoms with Crippen molar-refractivity contribution in [2.24, 2.45) is 0 Å². The van der Waals surface area contributed by atoms with Crippen LogP contribution in [0.1, 0.15) is 35.7 Å². The molecule has 8 heteroatoms. The van der Waals surface area contributed by atoms with Gasteiger partial charge in [-0.25, -0.2) is 4.79 Å². The normalized spacial score (nSPS) is 14.4. The Bertz CT molecular complexity index is 959. The third kappa shape index (κ3) is 6.84. The molecule has 0 amide bonds.